The molecule has 0 radical (unpaired) electrons. The third-order valence-electron chi connectivity index (χ3n) is 3.41. The second-order valence-electron chi connectivity index (χ2n) is 4.37. The van der Waals surface area contributed by atoms with Gasteiger partial charge in [-0.2, -0.15) is 0 Å². The normalized spacial score (nSPS) is 26.4. The highest BCUT2D eigenvalue weighted by molar-refractivity contribution is 5.11. The molecule has 0 bridgehead atoms. The number of fused-ring (bicyclic) bond motifs is 1. The van der Waals surface area contributed by atoms with E-state index in [0.29, 0.717) is 6.04 Å². The minimum absolute atomic E-state index is 0.529. The van der Waals surface area contributed by atoms with Crippen LogP contribution in [0.4, 0.5) is 0 Å². The van der Waals surface area contributed by atoms with Crippen LogP contribution in [-0.4, -0.2) is 16.1 Å². The summed E-state index contributed by atoms with van der Waals surface area (Å²) in [6.45, 7) is 2.34. The second kappa shape index (κ2) is 3.39. The first-order valence-corrected chi connectivity index (χ1v) is 5.73. The van der Waals surface area contributed by atoms with Crippen LogP contribution in [0.2, 0.25) is 0 Å². The van der Waals surface area contributed by atoms with Gasteiger partial charge in [-0.3, -0.25) is 0 Å². The number of aryl methyl sites for hydroxylation is 1. The van der Waals surface area contributed by atoms with Crippen molar-refractivity contribution in [3.05, 3.63) is 17.7 Å². The highest BCUT2D eigenvalue weighted by Gasteiger charge is 2.23. The third kappa shape index (κ3) is 1.27. The van der Waals surface area contributed by atoms with E-state index in [9.17, 15) is 0 Å². The summed E-state index contributed by atoms with van der Waals surface area (Å²) >= 11 is 0. The van der Waals surface area contributed by atoms with Crippen LogP contribution in [0.1, 0.15) is 43.2 Å². The smallest absolute Gasteiger partial charge is 0.126 e. The second-order valence-corrected chi connectivity index (χ2v) is 4.37. The summed E-state index contributed by atoms with van der Waals surface area (Å²) in [6, 6.07) is 0.529. The maximum Gasteiger partial charge on any atom is 0.126 e. The van der Waals surface area contributed by atoms with Crippen molar-refractivity contribution in [3.8, 4) is 0 Å². The first-order chi connectivity index (χ1) is 6.95. The van der Waals surface area contributed by atoms with Gasteiger partial charge in [-0.05, 0) is 38.6 Å². The van der Waals surface area contributed by atoms with Crippen LogP contribution in [0, 0.1) is 0 Å². The summed E-state index contributed by atoms with van der Waals surface area (Å²) in [5, 5.41) is 3.53. The molecular weight excluding hydrogens is 174 g/mol. The summed E-state index contributed by atoms with van der Waals surface area (Å²) in [7, 11) is 0. The monoisotopic (exact) mass is 191 g/mol. The SMILES string of the molecule is c1nc(C2CCCN2)n2c1CCCC2. The molecule has 3 nitrogen and oxygen atoms in total. The zero-order chi connectivity index (χ0) is 9.38. The Labute approximate surface area is 84.5 Å². The van der Waals surface area contributed by atoms with Crippen molar-refractivity contribution in [1.29, 1.82) is 0 Å². The van der Waals surface area contributed by atoms with Crippen molar-refractivity contribution in [3.63, 3.8) is 0 Å². The van der Waals surface area contributed by atoms with E-state index in [1.54, 1.807) is 0 Å². The van der Waals surface area contributed by atoms with Gasteiger partial charge in [-0.15, -0.1) is 0 Å². The van der Waals surface area contributed by atoms with Crippen LogP contribution in [0.15, 0.2) is 6.20 Å². The molecule has 0 spiro atoms. The van der Waals surface area contributed by atoms with E-state index in [2.05, 4.69) is 21.1 Å². The predicted octanol–water partition coefficient (Wildman–Crippen LogP) is 1.64. The standard InChI is InChI=1S/C11H17N3/c1-2-7-14-9(4-1)8-13-11(14)10-5-3-6-12-10/h8,10,12H,1-7H2. The van der Waals surface area contributed by atoms with Gasteiger partial charge in [0.25, 0.3) is 0 Å². The van der Waals surface area contributed by atoms with Crippen LogP contribution >= 0.6 is 0 Å². The molecule has 1 saturated heterocycles. The number of nitrogens with one attached hydrogen (secondary N) is 1. The Morgan fingerprint density at radius 1 is 1.36 bits per heavy atom. The number of aromatic nitrogens is 2. The quantitative estimate of drug-likeness (QED) is 0.731. The zero-order valence-electron chi connectivity index (χ0n) is 8.50. The molecule has 3 rings (SSSR count). The van der Waals surface area contributed by atoms with Crippen LogP contribution in [0.25, 0.3) is 0 Å². The van der Waals surface area contributed by atoms with Crippen molar-refractivity contribution < 1.29 is 0 Å². The molecule has 0 aromatic carbocycles. The van der Waals surface area contributed by atoms with Gasteiger partial charge in [0.2, 0.25) is 0 Å². The van der Waals surface area contributed by atoms with Crippen LogP contribution in [0.5, 0.6) is 0 Å². The minimum atomic E-state index is 0.529. The molecule has 1 atom stereocenters. The molecule has 3 heterocycles. The molecular formula is C11H17N3. The van der Waals surface area contributed by atoms with E-state index in [4.69, 9.17) is 0 Å². The van der Waals surface area contributed by atoms with Gasteiger partial charge in [0.15, 0.2) is 0 Å². The van der Waals surface area contributed by atoms with Crippen LogP contribution in [0.3, 0.4) is 0 Å². The van der Waals surface area contributed by atoms with Crippen molar-refractivity contribution in [2.24, 2.45) is 0 Å². The molecule has 1 aromatic heterocycles. The molecule has 1 aromatic rings. The molecule has 2 aliphatic rings. The lowest BCUT2D eigenvalue weighted by molar-refractivity contribution is 0.480. The van der Waals surface area contributed by atoms with Gasteiger partial charge in [0, 0.05) is 18.4 Å². The van der Waals surface area contributed by atoms with E-state index in [-0.39, 0.29) is 0 Å². The lowest BCUT2D eigenvalue weighted by Crippen LogP contribution is -2.20. The molecule has 1 N–H and O–H groups in total. The summed E-state index contributed by atoms with van der Waals surface area (Å²) in [4.78, 5) is 4.58. The Morgan fingerprint density at radius 2 is 2.36 bits per heavy atom. The summed E-state index contributed by atoms with van der Waals surface area (Å²) in [6.07, 6.45) is 8.52. The average Bonchev–Trinajstić information content (AvgIpc) is 2.85. The van der Waals surface area contributed by atoms with Crippen molar-refractivity contribution in [2.45, 2.75) is 44.7 Å². The van der Waals surface area contributed by atoms with E-state index in [1.807, 2.05) is 0 Å². The largest absolute Gasteiger partial charge is 0.331 e. The van der Waals surface area contributed by atoms with Gasteiger partial charge in [0.05, 0.1) is 6.04 Å². The fourth-order valence-corrected chi connectivity index (χ4v) is 2.64. The van der Waals surface area contributed by atoms with E-state index >= 15 is 0 Å². The van der Waals surface area contributed by atoms with Crippen LogP contribution in [-0.2, 0) is 13.0 Å². The number of rotatable bonds is 1. The Morgan fingerprint density at radius 3 is 3.21 bits per heavy atom. The number of hydrogen-bond donors (Lipinski definition) is 1. The molecule has 0 saturated carbocycles. The maximum absolute atomic E-state index is 4.58. The van der Waals surface area contributed by atoms with E-state index in [1.165, 1.54) is 50.2 Å². The molecule has 1 unspecified atom stereocenters. The Hall–Kier alpha value is -0.830. The Balaban J connectivity index is 1.93. The lowest BCUT2D eigenvalue weighted by atomic mass is 10.1. The lowest BCUT2D eigenvalue weighted by Gasteiger charge is -2.19. The minimum Gasteiger partial charge on any atom is -0.331 e. The van der Waals surface area contributed by atoms with Gasteiger partial charge in [-0.25, -0.2) is 4.98 Å². The molecule has 14 heavy (non-hydrogen) atoms. The molecule has 1 fully saturated rings. The molecule has 2 aliphatic heterocycles. The topological polar surface area (TPSA) is 29.9 Å². The first-order valence-electron chi connectivity index (χ1n) is 5.73. The van der Waals surface area contributed by atoms with Gasteiger partial charge >= 0.3 is 0 Å². The van der Waals surface area contributed by atoms with E-state index < -0.39 is 0 Å². The van der Waals surface area contributed by atoms with Crippen molar-refractivity contribution in [2.75, 3.05) is 6.54 Å². The van der Waals surface area contributed by atoms with Gasteiger partial charge in [-0.1, -0.05) is 0 Å². The Bertz CT molecular complexity index is 323. The number of hydrogen-bond acceptors (Lipinski definition) is 2. The fraction of sp³-hybridized carbons (Fsp3) is 0.727. The predicted molar refractivity (Wildman–Crippen MR) is 55.1 cm³/mol. The molecule has 3 heteroatoms. The first kappa shape index (κ1) is 8.48. The van der Waals surface area contributed by atoms with Crippen molar-refractivity contribution in [1.82, 2.24) is 14.9 Å². The van der Waals surface area contributed by atoms with Crippen molar-refractivity contribution >= 4 is 0 Å². The zero-order valence-corrected chi connectivity index (χ0v) is 8.50. The average molecular weight is 191 g/mol. The number of nitrogens with zero attached hydrogens (tertiary/aromatic N) is 2. The molecule has 0 aliphatic carbocycles. The third-order valence-corrected chi connectivity index (χ3v) is 3.41. The van der Waals surface area contributed by atoms with Gasteiger partial charge < -0.3 is 9.88 Å². The van der Waals surface area contributed by atoms with Crippen LogP contribution < -0.4 is 5.32 Å². The highest BCUT2D eigenvalue weighted by Crippen LogP contribution is 2.25. The summed E-state index contributed by atoms with van der Waals surface area (Å²) < 4.78 is 2.44. The number of imidazole rings is 1. The van der Waals surface area contributed by atoms with E-state index in [0.717, 1.165) is 6.54 Å². The van der Waals surface area contributed by atoms with Gasteiger partial charge in [0.1, 0.15) is 5.82 Å². The maximum atomic E-state index is 4.58. The molecule has 76 valence electrons. The molecule has 0 amide bonds. The summed E-state index contributed by atoms with van der Waals surface area (Å²) in [5.74, 6) is 1.29. The Kier molecular flexibility index (Phi) is 2.05. The summed E-state index contributed by atoms with van der Waals surface area (Å²) in [5.41, 5.74) is 1.44. The fourth-order valence-electron chi connectivity index (χ4n) is 2.64. The highest BCUT2D eigenvalue weighted by atomic mass is 15.1.